The zero-order valence-corrected chi connectivity index (χ0v) is 21.8. The number of methoxy groups -OCH3 is 1. The molecule has 1 rings (SSSR count). The summed E-state index contributed by atoms with van der Waals surface area (Å²) >= 11 is 0. The average molecular weight is 486 g/mol. The molecule has 0 unspecified atom stereocenters. The van der Waals surface area contributed by atoms with Crippen molar-refractivity contribution in [1.82, 2.24) is 16.0 Å². The molecule has 1 saturated carbocycles. The standard InChI is InChI=1S/C24H43N3O7/c1-9-14(4)19(27-23(32)34-24(5,6)7)21(30)25-16-11-10-15(20(16)29)12-17(28)26-18(13(2)3)22(31)33-8/h13-16,18-20,29H,9-12H2,1-8H3,(H,25,30)(H,26,28)(H,27,32)/t14-,15-,16-,18-,19-,20-/m0/s1. The van der Waals surface area contributed by atoms with Crippen LogP contribution in [0.3, 0.4) is 0 Å². The van der Waals surface area contributed by atoms with Gasteiger partial charge in [0.1, 0.15) is 17.7 Å². The highest BCUT2D eigenvalue weighted by Gasteiger charge is 2.39. The number of rotatable bonds is 10. The van der Waals surface area contributed by atoms with Crippen LogP contribution in [0.1, 0.15) is 74.1 Å². The van der Waals surface area contributed by atoms with Crippen molar-refractivity contribution in [3.05, 3.63) is 0 Å². The van der Waals surface area contributed by atoms with Gasteiger partial charge in [0, 0.05) is 6.42 Å². The van der Waals surface area contributed by atoms with Crippen molar-refractivity contribution in [2.24, 2.45) is 17.8 Å². The Kier molecular flexibility index (Phi) is 11.3. The number of carbonyl (C=O) groups excluding carboxylic acids is 4. The average Bonchev–Trinajstić information content (AvgIpc) is 3.06. The summed E-state index contributed by atoms with van der Waals surface area (Å²) in [4.78, 5) is 49.6. The molecular weight excluding hydrogens is 442 g/mol. The number of hydrogen-bond acceptors (Lipinski definition) is 7. The molecule has 10 nitrogen and oxygen atoms in total. The van der Waals surface area contributed by atoms with Crippen LogP contribution in [0, 0.1) is 17.8 Å². The lowest BCUT2D eigenvalue weighted by Crippen LogP contribution is -2.55. The van der Waals surface area contributed by atoms with Gasteiger partial charge in [-0.05, 0) is 51.4 Å². The largest absolute Gasteiger partial charge is 0.467 e. The van der Waals surface area contributed by atoms with Crippen LogP contribution in [0.5, 0.6) is 0 Å². The molecule has 3 amide bonds. The van der Waals surface area contributed by atoms with Gasteiger partial charge in [0.25, 0.3) is 0 Å². The third-order valence-electron chi connectivity index (χ3n) is 6.12. The molecule has 0 aliphatic heterocycles. The first-order valence-electron chi connectivity index (χ1n) is 12.0. The molecule has 1 fully saturated rings. The zero-order chi connectivity index (χ0) is 26.2. The molecule has 196 valence electrons. The van der Waals surface area contributed by atoms with Crippen molar-refractivity contribution in [3.8, 4) is 0 Å². The lowest BCUT2D eigenvalue weighted by atomic mass is 9.97. The number of aliphatic hydroxyl groups is 1. The number of amides is 3. The smallest absolute Gasteiger partial charge is 0.408 e. The van der Waals surface area contributed by atoms with Crippen LogP contribution in [0.15, 0.2) is 0 Å². The maximum absolute atomic E-state index is 13.0. The van der Waals surface area contributed by atoms with Gasteiger partial charge < -0.3 is 30.5 Å². The Hall–Kier alpha value is -2.36. The van der Waals surface area contributed by atoms with E-state index in [0.717, 1.165) is 0 Å². The lowest BCUT2D eigenvalue weighted by molar-refractivity contribution is -0.146. The highest BCUT2D eigenvalue weighted by molar-refractivity contribution is 5.86. The summed E-state index contributed by atoms with van der Waals surface area (Å²) in [7, 11) is 1.27. The van der Waals surface area contributed by atoms with Crippen molar-refractivity contribution < 1.29 is 33.8 Å². The van der Waals surface area contributed by atoms with E-state index >= 15 is 0 Å². The van der Waals surface area contributed by atoms with E-state index in [0.29, 0.717) is 19.3 Å². The summed E-state index contributed by atoms with van der Waals surface area (Å²) in [5.74, 6) is -1.94. The highest BCUT2D eigenvalue weighted by Crippen LogP contribution is 2.29. The summed E-state index contributed by atoms with van der Waals surface area (Å²) in [5.41, 5.74) is -0.696. The first-order chi connectivity index (χ1) is 15.7. The number of ether oxygens (including phenoxy) is 2. The summed E-state index contributed by atoms with van der Waals surface area (Å²) in [6.07, 6.45) is 0.108. The van der Waals surface area contributed by atoms with E-state index in [2.05, 4.69) is 16.0 Å². The van der Waals surface area contributed by atoms with Gasteiger partial charge in [-0.3, -0.25) is 9.59 Å². The second-order valence-electron chi connectivity index (χ2n) is 10.5. The molecule has 0 heterocycles. The van der Waals surface area contributed by atoms with E-state index in [1.165, 1.54) is 7.11 Å². The number of carbonyl (C=O) groups is 4. The predicted molar refractivity (Wildman–Crippen MR) is 127 cm³/mol. The van der Waals surface area contributed by atoms with E-state index < -0.39 is 47.8 Å². The predicted octanol–water partition coefficient (Wildman–Crippen LogP) is 1.89. The zero-order valence-electron chi connectivity index (χ0n) is 21.8. The quantitative estimate of drug-likeness (QED) is 0.346. The topological polar surface area (TPSA) is 143 Å². The molecule has 0 radical (unpaired) electrons. The third kappa shape index (κ3) is 9.12. The van der Waals surface area contributed by atoms with Gasteiger partial charge in [-0.25, -0.2) is 9.59 Å². The van der Waals surface area contributed by atoms with Gasteiger partial charge in [0.05, 0.1) is 19.3 Å². The van der Waals surface area contributed by atoms with E-state index in [1.807, 2.05) is 13.8 Å². The minimum Gasteiger partial charge on any atom is -0.467 e. The van der Waals surface area contributed by atoms with E-state index in [4.69, 9.17) is 9.47 Å². The molecule has 4 N–H and O–H groups in total. The minimum atomic E-state index is -0.926. The van der Waals surface area contributed by atoms with E-state index in [1.54, 1.807) is 34.6 Å². The maximum atomic E-state index is 13.0. The van der Waals surface area contributed by atoms with Crippen molar-refractivity contribution >= 4 is 23.9 Å². The molecule has 34 heavy (non-hydrogen) atoms. The maximum Gasteiger partial charge on any atom is 0.408 e. The molecule has 10 heteroatoms. The van der Waals surface area contributed by atoms with Crippen LogP contribution < -0.4 is 16.0 Å². The van der Waals surface area contributed by atoms with Crippen LogP contribution in [0.4, 0.5) is 4.79 Å². The monoisotopic (exact) mass is 485 g/mol. The molecule has 0 aromatic carbocycles. The van der Waals surface area contributed by atoms with Gasteiger partial charge in [0.15, 0.2) is 0 Å². The van der Waals surface area contributed by atoms with Crippen LogP contribution >= 0.6 is 0 Å². The SMILES string of the molecule is CC[C@H](C)[C@H](NC(=O)OC(C)(C)C)C(=O)N[C@H]1CC[C@@H](CC(=O)N[C@H](C(=O)OC)C(C)C)[C@@H]1O. The first-order valence-corrected chi connectivity index (χ1v) is 12.0. The molecule has 0 saturated heterocycles. The van der Waals surface area contributed by atoms with Crippen LogP contribution in [-0.2, 0) is 23.9 Å². The van der Waals surface area contributed by atoms with Gasteiger partial charge >= 0.3 is 12.1 Å². The fourth-order valence-electron chi connectivity index (χ4n) is 3.95. The van der Waals surface area contributed by atoms with Crippen molar-refractivity contribution in [2.45, 2.75) is 104 Å². The van der Waals surface area contributed by atoms with Crippen LogP contribution in [0.25, 0.3) is 0 Å². The summed E-state index contributed by atoms with van der Waals surface area (Å²) < 4.78 is 10.0. The summed E-state index contributed by atoms with van der Waals surface area (Å²) in [6, 6.07) is -2.12. The van der Waals surface area contributed by atoms with Gasteiger partial charge in [0.2, 0.25) is 11.8 Å². The third-order valence-corrected chi connectivity index (χ3v) is 6.12. The number of hydrogen-bond donors (Lipinski definition) is 4. The molecule has 1 aliphatic carbocycles. The fraction of sp³-hybridized carbons (Fsp3) is 0.833. The molecule has 0 aromatic rings. The molecule has 6 atom stereocenters. The number of esters is 1. The van der Waals surface area contributed by atoms with E-state index in [-0.39, 0.29) is 30.1 Å². The van der Waals surface area contributed by atoms with Gasteiger partial charge in [-0.2, -0.15) is 0 Å². The second kappa shape index (κ2) is 12.9. The molecule has 0 bridgehead atoms. The normalized spacial score (nSPS) is 22.9. The highest BCUT2D eigenvalue weighted by atomic mass is 16.6. The van der Waals surface area contributed by atoms with Crippen molar-refractivity contribution in [1.29, 1.82) is 0 Å². The van der Waals surface area contributed by atoms with Crippen LogP contribution in [-0.4, -0.2) is 65.9 Å². The van der Waals surface area contributed by atoms with Gasteiger partial charge in [-0.15, -0.1) is 0 Å². The van der Waals surface area contributed by atoms with E-state index in [9.17, 15) is 24.3 Å². The Morgan fingerprint density at radius 1 is 1.03 bits per heavy atom. The lowest BCUT2D eigenvalue weighted by Gasteiger charge is -2.28. The Balaban J connectivity index is 2.74. The number of alkyl carbamates (subject to hydrolysis) is 1. The minimum absolute atomic E-state index is 0.0265. The summed E-state index contributed by atoms with van der Waals surface area (Å²) in [5, 5.41) is 18.9. The summed E-state index contributed by atoms with van der Waals surface area (Å²) in [6.45, 7) is 12.6. The molecular formula is C24H43N3O7. The van der Waals surface area contributed by atoms with Gasteiger partial charge in [-0.1, -0.05) is 34.1 Å². The molecule has 0 aromatic heterocycles. The number of aliphatic hydroxyl groups excluding tert-OH is 1. The first kappa shape index (κ1) is 29.7. The van der Waals surface area contributed by atoms with Crippen molar-refractivity contribution in [3.63, 3.8) is 0 Å². The second-order valence-corrected chi connectivity index (χ2v) is 10.5. The van der Waals surface area contributed by atoms with Crippen molar-refractivity contribution in [2.75, 3.05) is 7.11 Å². The Morgan fingerprint density at radius 3 is 2.15 bits per heavy atom. The van der Waals surface area contributed by atoms with Crippen LogP contribution in [0.2, 0.25) is 0 Å². The Labute approximate surface area is 202 Å². The molecule has 1 aliphatic rings. The Morgan fingerprint density at radius 2 is 1.65 bits per heavy atom. The fourth-order valence-corrected chi connectivity index (χ4v) is 3.95. The number of nitrogens with one attached hydrogen (secondary N) is 3. The Bertz CT molecular complexity index is 720. The molecule has 0 spiro atoms.